The van der Waals surface area contributed by atoms with Gasteiger partial charge in [-0.05, 0) is 61.1 Å². The van der Waals surface area contributed by atoms with Gasteiger partial charge in [-0.15, -0.1) is 0 Å². The van der Waals surface area contributed by atoms with E-state index in [1.165, 1.54) is 5.56 Å². The van der Waals surface area contributed by atoms with Crippen molar-refractivity contribution in [3.8, 4) is 11.1 Å². The highest BCUT2D eigenvalue weighted by Crippen LogP contribution is 2.34. The minimum Gasteiger partial charge on any atom is -0.298 e. The molecule has 2 aromatic rings. The molecule has 2 rings (SSSR count). The smallest absolute Gasteiger partial charge is 0.150 e. The van der Waals surface area contributed by atoms with Crippen LogP contribution in [0, 0.1) is 27.7 Å². The Morgan fingerprint density at radius 2 is 1.35 bits per heavy atom. The molecule has 2 nitrogen and oxygen atoms in total. The van der Waals surface area contributed by atoms with Crippen LogP contribution in [-0.4, -0.2) is 12.6 Å². The Morgan fingerprint density at radius 1 is 0.750 bits per heavy atom. The van der Waals surface area contributed by atoms with Crippen LogP contribution in [0.2, 0.25) is 0 Å². The lowest BCUT2D eigenvalue weighted by Gasteiger charge is -2.19. The predicted octanol–water partition coefficient (Wildman–Crippen LogP) is 4.21. The summed E-state index contributed by atoms with van der Waals surface area (Å²) in [7, 11) is 0. The van der Waals surface area contributed by atoms with Crippen molar-refractivity contribution in [2.45, 2.75) is 27.7 Å². The number of benzene rings is 2. The van der Waals surface area contributed by atoms with E-state index in [0.29, 0.717) is 11.1 Å². The van der Waals surface area contributed by atoms with Gasteiger partial charge >= 0.3 is 0 Å². The van der Waals surface area contributed by atoms with E-state index in [9.17, 15) is 9.59 Å². The number of aldehydes is 2. The van der Waals surface area contributed by atoms with Gasteiger partial charge in [0.05, 0.1) is 0 Å². The third-order valence-electron chi connectivity index (χ3n) is 4.21. The first-order chi connectivity index (χ1) is 9.52. The first-order valence-electron chi connectivity index (χ1n) is 6.63. The van der Waals surface area contributed by atoms with E-state index in [1.807, 2.05) is 39.0 Å². The molecule has 0 saturated heterocycles. The number of hydrogen-bond acceptors (Lipinski definition) is 2. The number of rotatable bonds is 3. The van der Waals surface area contributed by atoms with Gasteiger partial charge < -0.3 is 0 Å². The zero-order valence-electron chi connectivity index (χ0n) is 12.3. The molecule has 0 aliphatic carbocycles. The Kier molecular flexibility index (Phi) is 3.84. The molecule has 0 N–H and O–H groups in total. The van der Waals surface area contributed by atoms with Crippen LogP contribution in [0.3, 0.4) is 0 Å². The zero-order valence-corrected chi connectivity index (χ0v) is 12.3. The molecule has 102 valence electrons. The Balaban J connectivity index is 2.93. The second-order valence-electron chi connectivity index (χ2n) is 5.11. The van der Waals surface area contributed by atoms with Crippen molar-refractivity contribution in [1.82, 2.24) is 0 Å². The molecule has 2 heteroatoms. The van der Waals surface area contributed by atoms with Gasteiger partial charge in [0.1, 0.15) is 0 Å². The van der Waals surface area contributed by atoms with Crippen LogP contribution in [0.4, 0.5) is 0 Å². The molecule has 0 aromatic heterocycles. The largest absolute Gasteiger partial charge is 0.298 e. The van der Waals surface area contributed by atoms with Crippen LogP contribution in [-0.2, 0) is 0 Å². The summed E-state index contributed by atoms with van der Waals surface area (Å²) in [4.78, 5) is 22.8. The van der Waals surface area contributed by atoms with Gasteiger partial charge in [-0.25, -0.2) is 0 Å². The first-order valence-corrected chi connectivity index (χ1v) is 6.63. The molecule has 20 heavy (non-hydrogen) atoms. The Morgan fingerprint density at radius 3 is 1.95 bits per heavy atom. The highest BCUT2D eigenvalue weighted by molar-refractivity contribution is 5.97. The Labute approximate surface area is 119 Å². The van der Waals surface area contributed by atoms with Crippen molar-refractivity contribution < 1.29 is 9.59 Å². The van der Waals surface area contributed by atoms with Crippen LogP contribution in [0.5, 0.6) is 0 Å². The molecule has 0 aliphatic rings. The first kappa shape index (κ1) is 14.2. The SMILES string of the molecule is Cc1c(C)c(C)c(-c2ccccc2C=O)c(C=O)c1C. The lowest BCUT2D eigenvalue weighted by molar-refractivity contribution is 0.111. The van der Waals surface area contributed by atoms with Crippen LogP contribution in [0.15, 0.2) is 24.3 Å². The van der Waals surface area contributed by atoms with E-state index in [-0.39, 0.29) is 0 Å². The highest BCUT2D eigenvalue weighted by atomic mass is 16.1. The van der Waals surface area contributed by atoms with Gasteiger partial charge in [0.2, 0.25) is 0 Å². The van der Waals surface area contributed by atoms with Crippen molar-refractivity contribution >= 4 is 12.6 Å². The Bertz CT molecular complexity index is 697. The van der Waals surface area contributed by atoms with Crippen LogP contribution < -0.4 is 0 Å². The van der Waals surface area contributed by atoms with Gasteiger partial charge in [-0.3, -0.25) is 9.59 Å². The maximum Gasteiger partial charge on any atom is 0.150 e. The van der Waals surface area contributed by atoms with Crippen molar-refractivity contribution in [3.05, 3.63) is 57.6 Å². The van der Waals surface area contributed by atoms with E-state index < -0.39 is 0 Å². The number of carbonyl (C=O) groups is 2. The molecule has 0 amide bonds. The van der Waals surface area contributed by atoms with Gasteiger partial charge in [0, 0.05) is 11.1 Å². The van der Waals surface area contributed by atoms with E-state index in [0.717, 1.165) is 40.4 Å². The van der Waals surface area contributed by atoms with Crippen LogP contribution in [0.25, 0.3) is 11.1 Å². The second-order valence-corrected chi connectivity index (χ2v) is 5.11. The van der Waals surface area contributed by atoms with Gasteiger partial charge in [0.15, 0.2) is 12.6 Å². The fourth-order valence-electron chi connectivity index (χ4n) is 2.66. The highest BCUT2D eigenvalue weighted by Gasteiger charge is 2.17. The zero-order chi connectivity index (χ0) is 14.9. The summed E-state index contributed by atoms with van der Waals surface area (Å²) < 4.78 is 0. The molecule has 0 aliphatic heterocycles. The monoisotopic (exact) mass is 266 g/mol. The van der Waals surface area contributed by atoms with Crippen molar-refractivity contribution in [2.75, 3.05) is 0 Å². The van der Waals surface area contributed by atoms with Gasteiger partial charge in [0.25, 0.3) is 0 Å². The fourth-order valence-corrected chi connectivity index (χ4v) is 2.66. The minimum atomic E-state index is 0.612. The third kappa shape index (κ3) is 2.07. The summed E-state index contributed by atoms with van der Waals surface area (Å²) in [6, 6.07) is 7.39. The van der Waals surface area contributed by atoms with Gasteiger partial charge in [-0.2, -0.15) is 0 Å². The molecule has 0 unspecified atom stereocenters. The molecule has 0 atom stereocenters. The number of hydrogen-bond donors (Lipinski definition) is 0. The maximum absolute atomic E-state index is 11.5. The summed E-state index contributed by atoms with van der Waals surface area (Å²) in [6.45, 7) is 8.05. The molecular weight excluding hydrogens is 248 g/mol. The van der Waals surface area contributed by atoms with E-state index in [2.05, 4.69) is 6.92 Å². The molecule has 0 saturated carbocycles. The summed E-state index contributed by atoms with van der Waals surface area (Å²) >= 11 is 0. The van der Waals surface area contributed by atoms with Crippen LogP contribution >= 0.6 is 0 Å². The lowest BCUT2D eigenvalue weighted by Crippen LogP contribution is -2.03. The summed E-state index contributed by atoms with van der Waals surface area (Å²) in [5, 5.41) is 0. The summed E-state index contributed by atoms with van der Waals surface area (Å²) in [5.74, 6) is 0. The van der Waals surface area contributed by atoms with Gasteiger partial charge in [-0.1, -0.05) is 24.3 Å². The molecule has 0 bridgehead atoms. The predicted molar refractivity (Wildman–Crippen MR) is 81.6 cm³/mol. The standard InChI is InChI=1S/C18H18O2/c1-11-12(2)14(4)18(17(10-20)13(11)3)16-8-6-5-7-15(16)9-19/h5-10H,1-4H3. The average Bonchev–Trinajstić information content (AvgIpc) is 2.48. The second kappa shape index (κ2) is 5.41. The fraction of sp³-hybridized carbons (Fsp3) is 0.222. The van der Waals surface area contributed by atoms with E-state index >= 15 is 0 Å². The van der Waals surface area contributed by atoms with Crippen molar-refractivity contribution in [1.29, 1.82) is 0 Å². The molecule has 0 radical (unpaired) electrons. The maximum atomic E-state index is 11.5. The Hall–Kier alpha value is -2.22. The summed E-state index contributed by atoms with van der Waals surface area (Å²) in [6.07, 6.45) is 1.74. The van der Waals surface area contributed by atoms with Crippen molar-refractivity contribution in [2.24, 2.45) is 0 Å². The lowest BCUT2D eigenvalue weighted by atomic mass is 9.85. The minimum absolute atomic E-state index is 0.612. The quantitative estimate of drug-likeness (QED) is 0.780. The number of carbonyl (C=O) groups excluding carboxylic acids is 2. The van der Waals surface area contributed by atoms with Crippen molar-refractivity contribution in [3.63, 3.8) is 0 Å². The third-order valence-corrected chi connectivity index (χ3v) is 4.21. The molecule has 0 fully saturated rings. The molecular formula is C18H18O2. The normalized spacial score (nSPS) is 10.4. The molecule has 2 aromatic carbocycles. The molecule has 0 heterocycles. The topological polar surface area (TPSA) is 34.1 Å². The summed E-state index contributed by atoms with van der Waals surface area (Å²) in [5.41, 5.74) is 7.35. The average molecular weight is 266 g/mol. The van der Waals surface area contributed by atoms with Crippen LogP contribution in [0.1, 0.15) is 43.0 Å². The van der Waals surface area contributed by atoms with E-state index in [1.54, 1.807) is 6.07 Å². The van der Waals surface area contributed by atoms with E-state index in [4.69, 9.17) is 0 Å². The molecule has 0 spiro atoms.